The van der Waals surface area contributed by atoms with Gasteiger partial charge in [0, 0.05) is 10.0 Å². The lowest BCUT2D eigenvalue weighted by Gasteiger charge is -2.13. The Labute approximate surface area is 176 Å². The molecule has 150 valence electrons. The van der Waals surface area contributed by atoms with E-state index in [1.165, 1.54) is 25.3 Å². The minimum Gasteiger partial charge on any atom is -0.506 e. The lowest BCUT2D eigenvalue weighted by molar-refractivity contribution is 0.102. The predicted molar refractivity (Wildman–Crippen MR) is 114 cm³/mol. The largest absolute Gasteiger partial charge is 0.506 e. The van der Waals surface area contributed by atoms with E-state index < -0.39 is 15.9 Å². The number of nitrogens with one attached hydrogen (secondary N) is 2. The molecule has 9 heteroatoms. The van der Waals surface area contributed by atoms with Crippen LogP contribution in [0.25, 0.3) is 0 Å². The quantitative estimate of drug-likeness (QED) is 0.462. The molecule has 0 aromatic heterocycles. The van der Waals surface area contributed by atoms with Crippen LogP contribution in [0.5, 0.6) is 11.5 Å². The summed E-state index contributed by atoms with van der Waals surface area (Å²) in [6.45, 7) is 0. The van der Waals surface area contributed by atoms with Gasteiger partial charge >= 0.3 is 0 Å². The molecule has 0 saturated carbocycles. The van der Waals surface area contributed by atoms with Gasteiger partial charge in [0.25, 0.3) is 15.9 Å². The van der Waals surface area contributed by atoms with Crippen LogP contribution in [0.15, 0.2) is 76.1 Å². The Morgan fingerprint density at radius 2 is 1.76 bits per heavy atom. The number of carbonyl (C=O) groups is 1. The zero-order valence-electron chi connectivity index (χ0n) is 15.2. The molecule has 3 aromatic carbocycles. The Hall–Kier alpha value is -3.04. The average molecular weight is 477 g/mol. The number of halogens is 1. The maximum Gasteiger partial charge on any atom is 0.262 e. The smallest absolute Gasteiger partial charge is 0.262 e. The number of rotatable bonds is 6. The Morgan fingerprint density at radius 3 is 2.48 bits per heavy atom. The number of methoxy groups -OCH3 is 1. The lowest BCUT2D eigenvalue weighted by Crippen LogP contribution is -2.15. The van der Waals surface area contributed by atoms with E-state index in [1.54, 1.807) is 48.5 Å². The van der Waals surface area contributed by atoms with Crippen molar-refractivity contribution in [1.82, 2.24) is 0 Å². The van der Waals surface area contributed by atoms with Crippen LogP contribution < -0.4 is 14.8 Å². The molecule has 3 N–H and O–H groups in total. The molecule has 0 spiro atoms. The number of aromatic hydroxyl groups is 1. The first-order valence-corrected chi connectivity index (χ1v) is 10.6. The highest BCUT2D eigenvalue weighted by Crippen LogP contribution is 2.30. The maximum absolute atomic E-state index is 12.8. The van der Waals surface area contributed by atoms with Crippen LogP contribution in [0.3, 0.4) is 0 Å². The number of hydrogen-bond donors (Lipinski definition) is 3. The molecule has 3 aromatic rings. The molecule has 0 saturated heterocycles. The van der Waals surface area contributed by atoms with Crippen molar-refractivity contribution in [3.05, 3.63) is 76.8 Å². The first-order valence-electron chi connectivity index (χ1n) is 8.36. The van der Waals surface area contributed by atoms with E-state index in [2.05, 4.69) is 26.0 Å². The van der Waals surface area contributed by atoms with E-state index >= 15 is 0 Å². The summed E-state index contributed by atoms with van der Waals surface area (Å²) < 4.78 is 33.8. The first kappa shape index (κ1) is 20.7. The Bertz CT molecular complexity index is 1170. The van der Waals surface area contributed by atoms with Crippen LogP contribution in [0, 0.1) is 0 Å². The van der Waals surface area contributed by atoms with E-state index in [-0.39, 0.29) is 22.0 Å². The Morgan fingerprint density at radius 1 is 1.00 bits per heavy atom. The third-order valence-corrected chi connectivity index (χ3v) is 5.82. The second-order valence-corrected chi connectivity index (χ2v) is 8.55. The van der Waals surface area contributed by atoms with E-state index in [0.717, 1.165) is 0 Å². The van der Waals surface area contributed by atoms with Crippen LogP contribution in [0.1, 0.15) is 10.4 Å². The van der Waals surface area contributed by atoms with Gasteiger partial charge in [-0.15, -0.1) is 0 Å². The second-order valence-electron chi connectivity index (χ2n) is 5.95. The third kappa shape index (κ3) is 4.87. The summed E-state index contributed by atoms with van der Waals surface area (Å²) in [4.78, 5) is 12.3. The molecule has 0 aliphatic rings. The summed E-state index contributed by atoms with van der Waals surface area (Å²) in [5.41, 5.74) is 0.583. The average Bonchev–Trinajstić information content (AvgIpc) is 2.69. The number of sulfonamides is 1. The highest BCUT2D eigenvalue weighted by Gasteiger charge is 2.19. The molecular weight excluding hydrogens is 460 g/mol. The number of para-hydroxylation sites is 2. The molecule has 0 aliphatic carbocycles. The second kappa shape index (κ2) is 8.54. The number of phenols is 1. The van der Waals surface area contributed by atoms with E-state index in [9.17, 15) is 18.3 Å². The summed E-state index contributed by atoms with van der Waals surface area (Å²) in [6.07, 6.45) is 0. The Balaban J connectivity index is 1.89. The fourth-order valence-corrected chi connectivity index (χ4v) is 4.03. The molecule has 0 atom stereocenters. The number of benzene rings is 3. The summed E-state index contributed by atoms with van der Waals surface area (Å²) in [5.74, 6) is -0.392. The van der Waals surface area contributed by atoms with Gasteiger partial charge in [0.1, 0.15) is 11.5 Å². The molecule has 0 bridgehead atoms. The number of phenolic OH excluding ortho intramolecular Hbond substituents is 1. The molecule has 0 fully saturated rings. The molecule has 29 heavy (non-hydrogen) atoms. The van der Waals surface area contributed by atoms with E-state index in [0.29, 0.717) is 15.8 Å². The van der Waals surface area contributed by atoms with E-state index in [1.807, 2.05) is 0 Å². The minimum absolute atomic E-state index is 0.0297. The fourth-order valence-electron chi connectivity index (χ4n) is 2.54. The number of carbonyl (C=O) groups excluding carboxylic acids is 1. The lowest BCUT2D eigenvalue weighted by atomic mass is 10.2. The monoisotopic (exact) mass is 476 g/mol. The molecular formula is C20H17BrN2O5S. The molecule has 1 amide bonds. The minimum atomic E-state index is -3.99. The molecule has 7 nitrogen and oxygen atoms in total. The van der Waals surface area contributed by atoms with Gasteiger partial charge in [0.05, 0.1) is 23.4 Å². The van der Waals surface area contributed by atoms with Crippen LogP contribution in [0.2, 0.25) is 0 Å². The Kier molecular flexibility index (Phi) is 6.09. The van der Waals surface area contributed by atoms with Gasteiger partial charge in [-0.25, -0.2) is 8.42 Å². The van der Waals surface area contributed by atoms with E-state index in [4.69, 9.17) is 4.74 Å². The van der Waals surface area contributed by atoms with Crippen molar-refractivity contribution < 1.29 is 23.1 Å². The topological polar surface area (TPSA) is 105 Å². The standard InChI is InChI=1S/C20H17BrN2O5S/c1-28-19-8-3-2-7-16(19)23-29(26,27)15-9-10-18(24)17(12-15)22-20(25)13-5-4-6-14(21)11-13/h2-12,23-24H,1H3,(H,22,25). The van der Waals surface area contributed by atoms with Crippen LogP contribution >= 0.6 is 15.9 Å². The van der Waals surface area contributed by atoms with Crippen molar-refractivity contribution in [3.63, 3.8) is 0 Å². The predicted octanol–water partition coefficient (Wildman–Crippen LogP) is 4.22. The van der Waals surface area contributed by atoms with Gasteiger partial charge in [0.15, 0.2) is 0 Å². The van der Waals surface area contributed by atoms with Crippen LogP contribution in [0.4, 0.5) is 11.4 Å². The van der Waals surface area contributed by atoms with Gasteiger partial charge in [-0.05, 0) is 48.5 Å². The summed E-state index contributed by atoms with van der Waals surface area (Å²) in [6, 6.07) is 16.9. The molecule has 0 aliphatic heterocycles. The molecule has 3 rings (SSSR count). The summed E-state index contributed by atoms with van der Waals surface area (Å²) in [5, 5.41) is 12.6. The number of hydrogen-bond acceptors (Lipinski definition) is 5. The zero-order chi connectivity index (χ0) is 21.0. The van der Waals surface area contributed by atoms with Crippen LogP contribution in [-0.2, 0) is 10.0 Å². The van der Waals surface area contributed by atoms with Crippen molar-refractivity contribution in [3.8, 4) is 11.5 Å². The number of anilines is 2. The van der Waals surface area contributed by atoms with Crippen molar-refractivity contribution in [1.29, 1.82) is 0 Å². The maximum atomic E-state index is 12.8. The zero-order valence-corrected chi connectivity index (χ0v) is 17.6. The third-order valence-electron chi connectivity index (χ3n) is 3.96. The number of ether oxygens (including phenoxy) is 1. The van der Waals surface area contributed by atoms with Gasteiger partial charge < -0.3 is 15.2 Å². The highest BCUT2D eigenvalue weighted by atomic mass is 79.9. The van der Waals surface area contributed by atoms with Crippen molar-refractivity contribution in [2.24, 2.45) is 0 Å². The van der Waals surface area contributed by atoms with Crippen molar-refractivity contribution in [2.75, 3.05) is 17.1 Å². The molecule has 0 heterocycles. The molecule has 0 unspecified atom stereocenters. The van der Waals surface area contributed by atoms with Crippen LogP contribution in [-0.4, -0.2) is 26.5 Å². The normalized spacial score (nSPS) is 11.0. The van der Waals surface area contributed by atoms with Crippen molar-refractivity contribution >= 4 is 43.2 Å². The van der Waals surface area contributed by atoms with Gasteiger partial charge in [-0.1, -0.05) is 34.1 Å². The highest BCUT2D eigenvalue weighted by molar-refractivity contribution is 9.10. The summed E-state index contributed by atoms with van der Waals surface area (Å²) in [7, 11) is -2.56. The van der Waals surface area contributed by atoms with Gasteiger partial charge in [-0.2, -0.15) is 0 Å². The van der Waals surface area contributed by atoms with Crippen molar-refractivity contribution in [2.45, 2.75) is 4.90 Å². The number of amides is 1. The van der Waals surface area contributed by atoms with Gasteiger partial charge in [-0.3, -0.25) is 9.52 Å². The first-order chi connectivity index (χ1) is 13.8. The van der Waals surface area contributed by atoms with Gasteiger partial charge in [0.2, 0.25) is 0 Å². The molecule has 0 radical (unpaired) electrons. The fraction of sp³-hybridized carbons (Fsp3) is 0.0500. The summed E-state index contributed by atoms with van der Waals surface area (Å²) >= 11 is 3.28. The SMILES string of the molecule is COc1ccccc1NS(=O)(=O)c1ccc(O)c(NC(=O)c2cccc(Br)c2)c1.